The molecule has 0 saturated carbocycles. The van der Waals surface area contributed by atoms with Gasteiger partial charge in [-0.25, -0.2) is 0 Å². The molecule has 25 heavy (non-hydrogen) atoms. The smallest absolute Gasteiger partial charge is 0.266 e. The van der Waals surface area contributed by atoms with E-state index < -0.39 is 5.91 Å². The summed E-state index contributed by atoms with van der Waals surface area (Å²) in [4.78, 5) is 12.2. The number of anilines is 1. The molecule has 0 radical (unpaired) electrons. The maximum Gasteiger partial charge on any atom is 0.266 e. The van der Waals surface area contributed by atoms with E-state index in [1.807, 2.05) is 31.2 Å². The van der Waals surface area contributed by atoms with E-state index in [-0.39, 0.29) is 12.2 Å². The Morgan fingerprint density at radius 3 is 2.56 bits per heavy atom. The molecule has 0 unspecified atom stereocenters. The molecule has 0 spiro atoms. The Morgan fingerprint density at radius 2 is 1.96 bits per heavy atom. The molecule has 0 heterocycles. The number of carbonyl (C=O) groups excluding carboxylic acids is 1. The number of amides is 1. The SMILES string of the molecule is Cc1ccc(NC(=O)/C(C#N)=C/c2ccc(OCC#N)c(Cl)c2)cc1. The Balaban J connectivity index is 2.17. The molecule has 0 aliphatic carbocycles. The van der Waals surface area contributed by atoms with Crippen molar-refractivity contribution >= 4 is 29.3 Å². The molecule has 124 valence electrons. The van der Waals surface area contributed by atoms with Crippen LogP contribution in [0, 0.1) is 29.6 Å². The van der Waals surface area contributed by atoms with Crippen molar-refractivity contribution in [3.63, 3.8) is 0 Å². The number of halogens is 1. The number of nitrogens with zero attached hydrogens (tertiary/aromatic N) is 2. The number of ether oxygens (including phenoxy) is 1. The first kappa shape index (κ1) is 18.1. The van der Waals surface area contributed by atoms with E-state index >= 15 is 0 Å². The minimum Gasteiger partial charge on any atom is -0.477 e. The van der Waals surface area contributed by atoms with Gasteiger partial charge in [0.25, 0.3) is 5.91 Å². The van der Waals surface area contributed by atoms with Gasteiger partial charge in [-0.1, -0.05) is 35.4 Å². The van der Waals surface area contributed by atoms with Crippen molar-refractivity contribution in [3.8, 4) is 17.9 Å². The van der Waals surface area contributed by atoms with E-state index in [2.05, 4.69) is 5.32 Å². The van der Waals surface area contributed by atoms with Crippen LogP contribution in [-0.2, 0) is 4.79 Å². The molecule has 0 bridgehead atoms. The summed E-state index contributed by atoms with van der Waals surface area (Å²) in [6.07, 6.45) is 1.43. The van der Waals surface area contributed by atoms with Crippen LogP contribution in [0.2, 0.25) is 5.02 Å². The molecule has 2 aromatic rings. The number of hydrogen-bond donors (Lipinski definition) is 1. The Morgan fingerprint density at radius 1 is 1.24 bits per heavy atom. The second kappa shape index (κ2) is 8.54. The normalized spacial score (nSPS) is 10.5. The van der Waals surface area contributed by atoms with Gasteiger partial charge in [-0.05, 0) is 42.8 Å². The molecule has 0 aliphatic rings. The Labute approximate surface area is 150 Å². The molecular weight excluding hydrogens is 338 g/mol. The summed E-state index contributed by atoms with van der Waals surface area (Å²) in [5.74, 6) is -0.143. The number of benzene rings is 2. The van der Waals surface area contributed by atoms with E-state index in [4.69, 9.17) is 21.6 Å². The van der Waals surface area contributed by atoms with Crippen molar-refractivity contribution in [1.29, 1.82) is 10.5 Å². The van der Waals surface area contributed by atoms with Crippen LogP contribution >= 0.6 is 11.6 Å². The van der Waals surface area contributed by atoms with Gasteiger partial charge in [0.05, 0.1) is 5.02 Å². The van der Waals surface area contributed by atoms with Crippen molar-refractivity contribution in [2.45, 2.75) is 6.92 Å². The van der Waals surface area contributed by atoms with Crippen molar-refractivity contribution < 1.29 is 9.53 Å². The quantitative estimate of drug-likeness (QED) is 0.649. The summed E-state index contributed by atoms with van der Waals surface area (Å²) in [5, 5.41) is 20.7. The lowest BCUT2D eigenvalue weighted by Crippen LogP contribution is -2.13. The van der Waals surface area contributed by atoms with Crippen molar-refractivity contribution in [3.05, 3.63) is 64.2 Å². The monoisotopic (exact) mass is 351 g/mol. The van der Waals surface area contributed by atoms with Crippen LogP contribution in [0.25, 0.3) is 6.08 Å². The highest BCUT2D eigenvalue weighted by atomic mass is 35.5. The van der Waals surface area contributed by atoms with Crippen LogP contribution in [0.15, 0.2) is 48.0 Å². The molecule has 5 nitrogen and oxygen atoms in total. The number of nitrogens with one attached hydrogen (secondary N) is 1. The molecular formula is C19H14ClN3O2. The third-order valence-electron chi connectivity index (χ3n) is 3.23. The lowest BCUT2D eigenvalue weighted by atomic mass is 10.1. The van der Waals surface area contributed by atoms with Crippen LogP contribution < -0.4 is 10.1 Å². The summed E-state index contributed by atoms with van der Waals surface area (Å²) in [6, 6.07) is 15.8. The zero-order valence-electron chi connectivity index (χ0n) is 13.4. The van der Waals surface area contributed by atoms with Crippen molar-refractivity contribution in [2.75, 3.05) is 11.9 Å². The molecule has 1 amide bonds. The lowest BCUT2D eigenvalue weighted by molar-refractivity contribution is -0.112. The number of rotatable bonds is 5. The van der Waals surface area contributed by atoms with Crippen molar-refractivity contribution in [2.24, 2.45) is 0 Å². The summed E-state index contributed by atoms with van der Waals surface area (Å²) < 4.78 is 5.15. The third kappa shape index (κ3) is 5.10. The molecule has 2 rings (SSSR count). The van der Waals surface area contributed by atoms with E-state index in [9.17, 15) is 10.1 Å². The molecule has 0 saturated heterocycles. The summed E-state index contributed by atoms with van der Waals surface area (Å²) in [5.41, 5.74) is 2.20. The topological polar surface area (TPSA) is 85.9 Å². The van der Waals surface area contributed by atoms with E-state index in [1.54, 1.807) is 30.3 Å². The number of hydrogen-bond acceptors (Lipinski definition) is 4. The van der Waals surface area contributed by atoms with Gasteiger partial charge in [0.15, 0.2) is 6.61 Å². The first-order valence-electron chi connectivity index (χ1n) is 7.32. The van der Waals surface area contributed by atoms with Gasteiger partial charge < -0.3 is 10.1 Å². The maximum absolute atomic E-state index is 12.2. The fraction of sp³-hybridized carbons (Fsp3) is 0.105. The Bertz CT molecular complexity index is 890. The van der Waals surface area contributed by atoms with Crippen LogP contribution in [0.4, 0.5) is 5.69 Å². The molecule has 6 heteroatoms. The fourth-order valence-corrected chi connectivity index (χ4v) is 2.23. The first-order chi connectivity index (χ1) is 12.0. The van der Waals surface area contributed by atoms with Gasteiger partial charge in [-0.15, -0.1) is 0 Å². The number of nitriles is 2. The molecule has 0 fully saturated rings. The first-order valence-corrected chi connectivity index (χ1v) is 7.70. The van der Waals surface area contributed by atoms with Crippen LogP contribution in [0.1, 0.15) is 11.1 Å². The van der Waals surface area contributed by atoms with Crippen LogP contribution in [-0.4, -0.2) is 12.5 Å². The highest BCUT2D eigenvalue weighted by Crippen LogP contribution is 2.26. The molecule has 1 N–H and O–H groups in total. The molecule has 2 aromatic carbocycles. The minimum absolute atomic E-state index is 0.0534. The van der Waals surface area contributed by atoms with Gasteiger partial charge in [0.2, 0.25) is 0 Å². The zero-order chi connectivity index (χ0) is 18.2. The second-order valence-electron chi connectivity index (χ2n) is 5.13. The maximum atomic E-state index is 12.2. The molecule has 0 atom stereocenters. The summed E-state index contributed by atoms with van der Waals surface area (Å²) >= 11 is 6.07. The average molecular weight is 352 g/mol. The van der Waals surface area contributed by atoms with Crippen LogP contribution in [0.5, 0.6) is 5.75 Å². The fourth-order valence-electron chi connectivity index (χ4n) is 1.98. The van der Waals surface area contributed by atoms with Gasteiger partial charge >= 0.3 is 0 Å². The Hall–Kier alpha value is -3.28. The van der Waals surface area contributed by atoms with Gasteiger partial charge in [-0.3, -0.25) is 4.79 Å². The summed E-state index contributed by atoms with van der Waals surface area (Å²) in [7, 11) is 0. The number of carbonyl (C=O) groups is 1. The van der Waals surface area contributed by atoms with Gasteiger partial charge in [-0.2, -0.15) is 10.5 Å². The van der Waals surface area contributed by atoms with E-state index in [1.165, 1.54) is 6.08 Å². The highest BCUT2D eigenvalue weighted by molar-refractivity contribution is 6.32. The standard InChI is InChI=1S/C19H14ClN3O2/c1-13-2-5-16(6-3-13)23-19(24)15(12-22)10-14-4-7-18(17(20)11-14)25-9-8-21/h2-7,10-11H,9H2,1H3,(H,23,24)/b15-10+. The highest BCUT2D eigenvalue weighted by Gasteiger charge is 2.10. The predicted molar refractivity (Wildman–Crippen MR) is 96.0 cm³/mol. The lowest BCUT2D eigenvalue weighted by Gasteiger charge is -2.06. The minimum atomic E-state index is -0.507. The number of aryl methyl sites for hydroxylation is 1. The van der Waals surface area contributed by atoms with Gasteiger partial charge in [0.1, 0.15) is 23.5 Å². The second-order valence-corrected chi connectivity index (χ2v) is 5.53. The average Bonchev–Trinajstić information content (AvgIpc) is 2.60. The zero-order valence-corrected chi connectivity index (χ0v) is 14.2. The van der Waals surface area contributed by atoms with Gasteiger partial charge in [0, 0.05) is 5.69 Å². The largest absolute Gasteiger partial charge is 0.477 e. The third-order valence-corrected chi connectivity index (χ3v) is 3.53. The van der Waals surface area contributed by atoms with Crippen molar-refractivity contribution in [1.82, 2.24) is 0 Å². The summed E-state index contributed by atoms with van der Waals surface area (Å²) in [6.45, 7) is 1.83. The Kier molecular flexibility index (Phi) is 6.17. The van der Waals surface area contributed by atoms with E-state index in [0.717, 1.165) is 5.56 Å². The van der Waals surface area contributed by atoms with Crippen LogP contribution in [0.3, 0.4) is 0 Å². The van der Waals surface area contributed by atoms with E-state index in [0.29, 0.717) is 22.0 Å². The molecule has 0 aliphatic heterocycles. The molecule has 0 aromatic heterocycles. The predicted octanol–water partition coefficient (Wildman–Crippen LogP) is 4.10.